The molecule has 1 aromatic heterocycles. The van der Waals surface area contributed by atoms with Crippen LogP contribution in [0.4, 0.5) is 0 Å². The Hall–Kier alpha value is -1.15. The zero-order valence-electron chi connectivity index (χ0n) is 13.0. The van der Waals surface area contributed by atoms with Crippen LogP contribution in [0.3, 0.4) is 0 Å². The standard InChI is InChI=1S/C18H28N2/c1-3-15-14-19-13-12-17(15)18(20-4-2)16-10-8-6-5-7-9-11-16/h10,12-14,18,20H,3-9,11H2,1-2H3/b16-10+. The molecule has 0 bridgehead atoms. The molecule has 20 heavy (non-hydrogen) atoms. The van der Waals surface area contributed by atoms with E-state index in [1.807, 2.05) is 12.4 Å². The summed E-state index contributed by atoms with van der Waals surface area (Å²) in [6.07, 6.45) is 15.4. The topological polar surface area (TPSA) is 24.9 Å². The van der Waals surface area contributed by atoms with Gasteiger partial charge in [-0.05, 0) is 55.8 Å². The zero-order chi connectivity index (χ0) is 14.2. The molecule has 0 aliphatic heterocycles. The van der Waals surface area contributed by atoms with Gasteiger partial charge in [-0.25, -0.2) is 0 Å². The van der Waals surface area contributed by atoms with Crippen LogP contribution in [-0.4, -0.2) is 11.5 Å². The molecule has 110 valence electrons. The van der Waals surface area contributed by atoms with Gasteiger partial charge in [0, 0.05) is 12.4 Å². The smallest absolute Gasteiger partial charge is 0.0539 e. The van der Waals surface area contributed by atoms with Crippen LogP contribution in [0.5, 0.6) is 0 Å². The van der Waals surface area contributed by atoms with Gasteiger partial charge in [-0.15, -0.1) is 0 Å². The van der Waals surface area contributed by atoms with Crippen LogP contribution in [-0.2, 0) is 6.42 Å². The minimum Gasteiger partial charge on any atom is -0.307 e. The normalized spacial score (nSPS) is 20.6. The van der Waals surface area contributed by atoms with Gasteiger partial charge < -0.3 is 5.32 Å². The van der Waals surface area contributed by atoms with Crippen LogP contribution >= 0.6 is 0 Å². The number of likely N-dealkylation sites (N-methyl/N-ethyl adjacent to an activating group) is 1. The van der Waals surface area contributed by atoms with E-state index in [0.717, 1.165) is 13.0 Å². The highest BCUT2D eigenvalue weighted by molar-refractivity contribution is 5.33. The second-order valence-electron chi connectivity index (χ2n) is 5.65. The fourth-order valence-corrected chi connectivity index (χ4v) is 3.14. The van der Waals surface area contributed by atoms with E-state index in [9.17, 15) is 0 Å². The van der Waals surface area contributed by atoms with Crippen LogP contribution in [0.15, 0.2) is 30.1 Å². The average molecular weight is 272 g/mol. The predicted molar refractivity (Wildman–Crippen MR) is 85.8 cm³/mol. The summed E-state index contributed by atoms with van der Waals surface area (Å²) in [5.41, 5.74) is 4.39. The van der Waals surface area contributed by atoms with Crippen LogP contribution in [0.1, 0.15) is 69.5 Å². The molecule has 1 unspecified atom stereocenters. The molecule has 0 spiro atoms. The first-order valence-electron chi connectivity index (χ1n) is 8.21. The lowest BCUT2D eigenvalue weighted by Gasteiger charge is -2.25. The van der Waals surface area contributed by atoms with E-state index in [1.165, 1.54) is 49.7 Å². The molecule has 0 aromatic carbocycles. The summed E-state index contributed by atoms with van der Waals surface area (Å²) < 4.78 is 0. The summed E-state index contributed by atoms with van der Waals surface area (Å²) >= 11 is 0. The van der Waals surface area contributed by atoms with Gasteiger partial charge in [-0.3, -0.25) is 4.98 Å². The number of aromatic nitrogens is 1. The highest BCUT2D eigenvalue weighted by Gasteiger charge is 2.18. The highest BCUT2D eigenvalue weighted by atomic mass is 14.9. The van der Waals surface area contributed by atoms with Crippen molar-refractivity contribution in [3.05, 3.63) is 41.2 Å². The van der Waals surface area contributed by atoms with Crippen molar-refractivity contribution in [1.82, 2.24) is 10.3 Å². The number of hydrogen-bond acceptors (Lipinski definition) is 2. The van der Waals surface area contributed by atoms with E-state index in [1.54, 1.807) is 5.57 Å². The lowest BCUT2D eigenvalue weighted by Crippen LogP contribution is -2.24. The van der Waals surface area contributed by atoms with Crippen LogP contribution in [0.25, 0.3) is 0 Å². The maximum Gasteiger partial charge on any atom is 0.0539 e. The van der Waals surface area contributed by atoms with E-state index >= 15 is 0 Å². The van der Waals surface area contributed by atoms with Crippen LogP contribution < -0.4 is 5.32 Å². The van der Waals surface area contributed by atoms with Crippen LogP contribution in [0.2, 0.25) is 0 Å². The summed E-state index contributed by atoms with van der Waals surface area (Å²) in [7, 11) is 0. The summed E-state index contributed by atoms with van der Waals surface area (Å²) in [5, 5.41) is 3.70. The molecular formula is C18H28N2. The molecule has 0 amide bonds. The molecule has 1 aliphatic carbocycles. The van der Waals surface area contributed by atoms with Crippen molar-refractivity contribution in [2.75, 3.05) is 6.54 Å². The molecule has 2 rings (SSSR count). The fourth-order valence-electron chi connectivity index (χ4n) is 3.14. The number of pyridine rings is 1. The Morgan fingerprint density at radius 3 is 2.85 bits per heavy atom. The van der Waals surface area contributed by atoms with Crippen molar-refractivity contribution in [1.29, 1.82) is 0 Å². The van der Waals surface area contributed by atoms with E-state index in [0.29, 0.717) is 6.04 Å². The van der Waals surface area contributed by atoms with Gasteiger partial charge in [-0.2, -0.15) is 0 Å². The molecule has 1 aliphatic rings. The van der Waals surface area contributed by atoms with Crippen molar-refractivity contribution < 1.29 is 0 Å². The van der Waals surface area contributed by atoms with Gasteiger partial charge in [-0.1, -0.05) is 38.3 Å². The Kier molecular flexibility index (Phi) is 6.25. The van der Waals surface area contributed by atoms with Gasteiger partial charge in [0.1, 0.15) is 0 Å². The lowest BCUT2D eigenvalue weighted by molar-refractivity contribution is 0.551. The molecule has 1 heterocycles. The molecule has 1 atom stereocenters. The summed E-state index contributed by atoms with van der Waals surface area (Å²) in [4.78, 5) is 4.29. The second-order valence-corrected chi connectivity index (χ2v) is 5.65. The highest BCUT2D eigenvalue weighted by Crippen LogP contribution is 2.30. The zero-order valence-corrected chi connectivity index (χ0v) is 13.0. The first kappa shape index (κ1) is 15.2. The quantitative estimate of drug-likeness (QED) is 0.794. The number of rotatable bonds is 5. The van der Waals surface area contributed by atoms with E-state index in [4.69, 9.17) is 0 Å². The monoisotopic (exact) mass is 272 g/mol. The third kappa shape index (κ3) is 3.92. The lowest BCUT2D eigenvalue weighted by atomic mass is 9.89. The van der Waals surface area contributed by atoms with Gasteiger partial charge >= 0.3 is 0 Å². The van der Waals surface area contributed by atoms with E-state index in [2.05, 4.69) is 36.3 Å². The Morgan fingerprint density at radius 2 is 2.05 bits per heavy atom. The predicted octanol–water partition coefficient (Wildman–Crippen LogP) is 4.58. The number of nitrogens with zero attached hydrogens (tertiary/aromatic N) is 1. The first-order chi connectivity index (χ1) is 9.86. The third-order valence-electron chi connectivity index (χ3n) is 4.24. The number of aryl methyl sites for hydroxylation is 1. The molecule has 0 fully saturated rings. The summed E-state index contributed by atoms with van der Waals surface area (Å²) in [6, 6.07) is 2.59. The summed E-state index contributed by atoms with van der Waals surface area (Å²) in [6.45, 7) is 5.42. The number of nitrogens with one attached hydrogen (secondary N) is 1. The van der Waals surface area contributed by atoms with Gasteiger partial charge in [0.05, 0.1) is 6.04 Å². The molecule has 1 N–H and O–H groups in total. The van der Waals surface area contributed by atoms with Crippen molar-refractivity contribution in [3.63, 3.8) is 0 Å². The minimum absolute atomic E-state index is 0.385. The van der Waals surface area contributed by atoms with Gasteiger partial charge in [0.25, 0.3) is 0 Å². The molecule has 0 saturated heterocycles. The minimum atomic E-state index is 0.385. The van der Waals surface area contributed by atoms with E-state index in [-0.39, 0.29) is 0 Å². The maximum absolute atomic E-state index is 4.29. The second kappa shape index (κ2) is 8.21. The SMILES string of the molecule is CCNC(/C1=C/CCCCCC1)c1ccncc1CC. The molecule has 0 radical (unpaired) electrons. The largest absolute Gasteiger partial charge is 0.307 e. The number of hydrogen-bond donors (Lipinski definition) is 1. The fraction of sp³-hybridized carbons (Fsp3) is 0.611. The molecule has 1 aromatic rings. The molecule has 0 saturated carbocycles. The van der Waals surface area contributed by atoms with Crippen molar-refractivity contribution in [2.45, 2.75) is 64.8 Å². The van der Waals surface area contributed by atoms with Crippen molar-refractivity contribution in [3.8, 4) is 0 Å². The Labute approximate surface area is 123 Å². The van der Waals surface area contributed by atoms with Crippen molar-refractivity contribution >= 4 is 0 Å². The van der Waals surface area contributed by atoms with Crippen molar-refractivity contribution in [2.24, 2.45) is 0 Å². The Morgan fingerprint density at radius 1 is 1.20 bits per heavy atom. The average Bonchev–Trinajstić information content (AvgIpc) is 2.45. The maximum atomic E-state index is 4.29. The first-order valence-corrected chi connectivity index (χ1v) is 8.21. The van der Waals surface area contributed by atoms with Gasteiger partial charge in [0.2, 0.25) is 0 Å². The third-order valence-corrected chi connectivity index (χ3v) is 4.24. The Balaban J connectivity index is 2.29. The number of allylic oxidation sites excluding steroid dienone is 1. The molecular weight excluding hydrogens is 244 g/mol. The van der Waals surface area contributed by atoms with Gasteiger partial charge in [0.15, 0.2) is 0 Å². The summed E-state index contributed by atoms with van der Waals surface area (Å²) in [5.74, 6) is 0. The van der Waals surface area contributed by atoms with E-state index < -0.39 is 0 Å². The van der Waals surface area contributed by atoms with Crippen LogP contribution in [0, 0.1) is 0 Å². The Bertz CT molecular complexity index is 437. The molecule has 2 nitrogen and oxygen atoms in total. The molecule has 2 heteroatoms.